The average Bonchev–Trinajstić information content (AvgIpc) is 3.38. The highest BCUT2D eigenvalue weighted by atomic mass is 32.2. The quantitative estimate of drug-likeness (QED) is 0.386. The number of rotatable bonds is 10. The van der Waals surface area contributed by atoms with E-state index in [0.29, 0.717) is 24.4 Å². The summed E-state index contributed by atoms with van der Waals surface area (Å²) in [6.45, 7) is 8.98. The second-order valence-corrected chi connectivity index (χ2v) is 11.5. The van der Waals surface area contributed by atoms with E-state index in [2.05, 4.69) is 29.6 Å². The van der Waals surface area contributed by atoms with Gasteiger partial charge in [-0.05, 0) is 48.4 Å². The Kier molecular flexibility index (Phi) is 8.31. The number of sulfonamides is 1. The van der Waals surface area contributed by atoms with Crippen LogP contribution in [0.1, 0.15) is 49.6 Å². The van der Waals surface area contributed by atoms with Gasteiger partial charge in [0.25, 0.3) is 10.0 Å². The third kappa shape index (κ3) is 6.68. The Hall–Kier alpha value is -2.65. The maximum Gasteiger partial charge on any atom is 0.421 e. The second-order valence-electron chi connectivity index (χ2n) is 8.49. The molecule has 0 aliphatic carbocycles. The molecule has 1 N–H and O–H groups in total. The molecule has 2 aromatic heterocycles. The Morgan fingerprint density at radius 3 is 2.67 bits per heavy atom. The van der Waals surface area contributed by atoms with E-state index in [1.807, 2.05) is 42.8 Å². The highest BCUT2D eigenvalue weighted by Crippen LogP contribution is 2.38. The minimum Gasteiger partial charge on any atom is -0.449 e. The number of unbranched alkanes of at least 4 members (excludes halogenated alkanes) is 1. The summed E-state index contributed by atoms with van der Waals surface area (Å²) in [4.78, 5) is 17.1. The molecular formula is C24H31N3O4S2. The van der Waals surface area contributed by atoms with Gasteiger partial charge in [-0.15, -0.1) is 11.3 Å². The van der Waals surface area contributed by atoms with Gasteiger partial charge in [0, 0.05) is 29.4 Å². The first-order valence-corrected chi connectivity index (χ1v) is 13.4. The molecule has 1 aromatic carbocycles. The summed E-state index contributed by atoms with van der Waals surface area (Å²) in [7, 11) is -4.08. The Balaban J connectivity index is 1.94. The summed E-state index contributed by atoms with van der Waals surface area (Å²) >= 11 is 1.21. The number of aromatic nitrogens is 2. The topological polar surface area (TPSA) is 90.3 Å². The number of aryl methyl sites for hydroxylation is 1. The minimum absolute atomic E-state index is 0.135. The summed E-state index contributed by atoms with van der Waals surface area (Å²) in [6, 6.07) is 7.92. The summed E-state index contributed by atoms with van der Waals surface area (Å²) in [5, 5.41) is 0. The molecule has 1 amide bonds. The lowest BCUT2D eigenvalue weighted by atomic mass is 9.99. The normalized spacial score (nSPS) is 11.7. The fraction of sp³-hybridized carbons (Fsp3) is 0.417. The molecule has 3 rings (SSSR count). The van der Waals surface area contributed by atoms with Crippen LogP contribution in [0.15, 0.2) is 47.2 Å². The van der Waals surface area contributed by atoms with E-state index in [-0.39, 0.29) is 10.8 Å². The summed E-state index contributed by atoms with van der Waals surface area (Å²) in [5.41, 5.74) is 3.49. The van der Waals surface area contributed by atoms with Gasteiger partial charge in [-0.25, -0.2) is 22.9 Å². The highest BCUT2D eigenvalue weighted by molar-refractivity contribution is 7.92. The summed E-state index contributed by atoms with van der Waals surface area (Å²) in [6.07, 6.45) is 6.74. The number of ether oxygens (including phenoxy) is 1. The van der Waals surface area contributed by atoms with Gasteiger partial charge >= 0.3 is 6.09 Å². The fourth-order valence-electron chi connectivity index (χ4n) is 3.53. The van der Waals surface area contributed by atoms with Crippen molar-refractivity contribution in [2.45, 2.75) is 57.7 Å². The van der Waals surface area contributed by atoms with Gasteiger partial charge < -0.3 is 9.30 Å². The second kappa shape index (κ2) is 11.0. The van der Waals surface area contributed by atoms with E-state index in [4.69, 9.17) is 4.74 Å². The molecule has 0 spiro atoms. The van der Waals surface area contributed by atoms with E-state index in [1.54, 1.807) is 12.5 Å². The number of nitrogens with zero attached hydrogens (tertiary/aromatic N) is 2. The molecule has 0 aliphatic heterocycles. The smallest absolute Gasteiger partial charge is 0.421 e. The molecule has 0 bridgehead atoms. The van der Waals surface area contributed by atoms with Crippen molar-refractivity contribution in [3.8, 4) is 11.1 Å². The van der Waals surface area contributed by atoms with Gasteiger partial charge in [0.15, 0.2) is 0 Å². The molecule has 178 valence electrons. The predicted octanol–water partition coefficient (Wildman–Crippen LogP) is 5.38. The lowest BCUT2D eigenvalue weighted by molar-refractivity contribution is 0.151. The molecule has 0 saturated heterocycles. The molecule has 0 atom stereocenters. The molecular weight excluding hydrogens is 458 g/mol. The van der Waals surface area contributed by atoms with Crippen molar-refractivity contribution in [2.24, 2.45) is 5.92 Å². The number of hydrogen-bond acceptors (Lipinski definition) is 6. The third-order valence-corrected chi connectivity index (χ3v) is 8.06. The monoisotopic (exact) mass is 489 g/mol. The first kappa shape index (κ1) is 25.0. The van der Waals surface area contributed by atoms with Crippen LogP contribution in [-0.2, 0) is 27.7 Å². The van der Waals surface area contributed by atoms with Gasteiger partial charge in [0.1, 0.15) is 4.21 Å². The first-order valence-electron chi connectivity index (χ1n) is 11.1. The minimum atomic E-state index is -4.08. The van der Waals surface area contributed by atoms with Gasteiger partial charge in [0.05, 0.1) is 12.9 Å². The van der Waals surface area contributed by atoms with Crippen LogP contribution in [0.2, 0.25) is 0 Å². The van der Waals surface area contributed by atoms with Crippen molar-refractivity contribution in [3.05, 3.63) is 59.0 Å². The van der Waals surface area contributed by atoms with Crippen molar-refractivity contribution in [1.29, 1.82) is 0 Å². The van der Waals surface area contributed by atoms with Crippen LogP contribution in [0, 0.1) is 12.8 Å². The molecule has 33 heavy (non-hydrogen) atoms. The number of carbonyl (C=O) groups is 1. The number of thiophene rings is 1. The maximum atomic E-state index is 13.1. The van der Waals surface area contributed by atoms with Gasteiger partial charge in [-0.3, -0.25) is 0 Å². The van der Waals surface area contributed by atoms with E-state index in [0.717, 1.165) is 34.4 Å². The van der Waals surface area contributed by atoms with E-state index in [9.17, 15) is 13.2 Å². The number of hydrogen-bond donors (Lipinski definition) is 1. The van der Waals surface area contributed by atoms with Crippen molar-refractivity contribution >= 4 is 27.5 Å². The predicted molar refractivity (Wildman–Crippen MR) is 131 cm³/mol. The molecule has 0 saturated carbocycles. The van der Waals surface area contributed by atoms with Crippen molar-refractivity contribution in [2.75, 3.05) is 6.61 Å². The van der Waals surface area contributed by atoms with Gasteiger partial charge in [-0.1, -0.05) is 45.4 Å². The Morgan fingerprint density at radius 2 is 2.03 bits per heavy atom. The molecule has 7 nitrogen and oxygen atoms in total. The number of amides is 1. The Bertz CT molecular complexity index is 1180. The zero-order valence-corrected chi connectivity index (χ0v) is 21.1. The van der Waals surface area contributed by atoms with Crippen LogP contribution in [0.3, 0.4) is 0 Å². The molecule has 9 heteroatoms. The SMILES string of the molecule is CCCCOC(=O)NS(=O)(=O)c1sc(CC(C)C)cc1-c1ccc(Cn2ccnc2)cc1C. The Morgan fingerprint density at radius 1 is 1.24 bits per heavy atom. The zero-order valence-electron chi connectivity index (χ0n) is 19.5. The lowest BCUT2D eigenvalue weighted by Gasteiger charge is -2.11. The molecule has 3 aromatic rings. The largest absolute Gasteiger partial charge is 0.449 e. The number of nitrogens with one attached hydrogen (secondary N) is 1. The molecule has 0 aliphatic rings. The molecule has 0 radical (unpaired) electrons. The summed E-state index contributed by atoms with van der Waals surface area (Å²) < 4.78 is 35.5. The lowest BCUT2D eigenvalue weighted by Crippen LogP contribution is -2.31. The first-order chi connectivity index (χ1) is 15.7. The van der Waals surface area contributed by atoms with E-state index >= 15 is 0 Å². The van der Waals surface area contributed by atoms with E-state index < -0.39 is 16.1 Å². The molecule has 0 fully saturated rings. The van der Waals surface area contributed by atoms with Crippen LogP contribution < -0.4 is 4.72 Å². The van der Waals surface area contributed by atoms with E-state index in [1.165, 1.54) is 11.3 Å². The van der Waals surface area contributed by atoms with Gasteiger partial charge in [0.2, 0.25) is 0 Å². The van der Waals surface area contributed by atoms with Crippen molar-refractivity contribution in [1.82, 2.24) is 14.3 Å². The zero-order chi connectivity index (χ0) is 24.0. The number of benzene rings is 1. The highest BCUT2D eigenvalue weighted by Gasteiger charge is 2.27. The number of imidazole rings is 1. The average molecular weight is 490 g/mol. The van der Waals surface area contributed by atoms with Crippen LogP contribution in [0.5, 0.6) is 0 Å². The van der Waals surface area contributed by atoms with Crippen LogP contribution >= 0.6 is 11.3 Å². The Labute approximate surface area is 199 Å². The van der Waals surface area contributed by atoms with Crippen LogP contribution in [-0.4, -0.2) is 30.7 Å². The van der Waals surface area contributed by atoms with Crippen LogP contribution in [0.4, 0.5) is 4.79 Å². The number of carbonyl (C=O) groups excluding carboxylic acids is 1. The maximum absolute atomic E-state index is 13.1. The van der Waals surface area contributed by atoms with Crippen LogP contribution in [0.25, 0.3) is 11.1 Å². The third-order valence-electron chi connectivity index (χ3n) is 5.06. The molecule has 0 unspecified atom stereocenters. The van der Waals surface area contributed by atoms with Crippen molar-refractivity contribution in [3.63, 3.8) is 0 Å². The fourth-order valence-corrected chi connectivity index (χ4v) is 6.35. The molecule has 2 heterocycles. The van der Waals surface area contributed by atoms with Gasteiger partial charge in [-0.2, -0.15) is 0 Å². The van der Waals surface area contributed by atoms with Crippen molar-refractivity contribution < 1.29 is 17.9 Å². The summed E-state index contributed by atoms with van der Waals surface area (Å²) in [5.74, 6) is 0.373. The standard InChI is InChI=1S/C24H31N3O4S2/c1-5-6-11-31-24(28)26-33(29,30)23-22(14-20(32-23)12-17(2)3)21-8-7-19(13-18(21)4)15-27-10-9-25-16-27/h7-10,13-14,16-17H,5-6,11-12,15H2,1-4H3,(H,26,28).